The molecule has 0 unspecified atom stereocenters. The van der Waals surface area contributed by atoms with E-state index in [4.69, 9.17) is 4.43 Å². The van der Waals surface area contributed by atoms with Crippen LogP contribution in [0.1, 0.15) is 82.3 Å². The van der Waals surface area contributed by atoms with E-state index in [1.807, 2.05) is 0 Å². The van der Waals surface area contributed by atoms with Crippen LogP contribution in [-0.2, 0) is 6.42 Å². The number of hydrogen-bond acceptors (Lipinski definition) is 1. The van der Waals surface area contributed by atoms with Gasteiger partial charge in [0.15, 0.2) is 0 Å². The van der Waals surface area contributed by atoms with Crippen molar-refractivity contribution in [2.75, 3.05) is 0 Å². The van der Waals surface area contributed by atoms with E-state index in [1.165, 1.54) is 81.8 Å². The highest BCUT2D eigenvalue weighted by Gasteiger charge is 2.06. The summed E-state index contributed by atoms with van der Waals surface area (Å²) < 4.78 is 6.02. The summed E-state index contributed by atoms with van der Waals surface area (Å²) in [5.74, 6) is 1.12. The fourth-order valence-corrected chi connectivity index (χ4v) is 3.88. The van der Waals surface area contributed by atoms with Gasteiger partial charge in [0.05, 0.1) is 0 Å². The smallest absolute Gasteiger partial charge is 0.229 e. The summed E-state index contributed by atoms with van der Waals surface area (Å²) in [5, 5.41) is 0. The van der Waals surface area contributed by atoms with E-state index < -0.39 is 9.04 Å². The summed E-state index contributed by atoms with van der Waals surface area (Å²) >= 11 is 0. The molecule has 0 amide bonds. The first kappa shape index (κ1) is 20.3. The van der Waals surface area contributed by atoms with Gasteiger partial charge < -0.3 is 4.43 Å². The van der Waals surface area contributed by atoms with Gasteiger partial charge in [-0.2, -0.15) is 0 Å². The molecule has 0 radical (unpaired) electrons. The van der Waals surface area contributed by atoms with Crippen molar-refractivity contribution < 1.29 is 4.43 Å². The van der Waals surface area contributed by atoms with Gasteiger partial charge in [-0.3, -0.25) is 0 Å². The first-order valence-corrected chi connectivity index (χ1v) is 12.7. The molecule has 0 bridgehead atoms. The maximum Gasteiger partial charge on any atom is 0.229 e. The Labute approximate surface area is 146 Å². The summed E-state index contributed by atoms with van der Waals surface area (Å²) in [7, 11) is -1.00. The largest absolute Gasteiger partial charge is 0.547 e. The van der Waals surface area contributed by atoms with Crippen molar-refractivity contribution in [3.8, 4) is 5.75 Å². The Bertz CT molecular complexity index is 414. The lowest BCUT2D eigenvalue weighted by atomic mass is 10.0. The molecule has 0 aliphatic rings. The molecule has 0 spiro atoms. The Morgan fingerprint density at radius 1 is 0.826 bits per heavy atom. The molecule has 0 fully saturated rings. The summed E-state index contributed by atoms with van der Waals surface area (Å²) in [6.45, 7) is 8.97. The van der Waals surface area contributed by atoms with Gasteiger partial charge in [-0.15, -0.1) is 0 Å². The van der Waals surface area contributed by atoms with Gasteiger partial charge in [0.2, 0.25) is 9.04 Å². The van der Waals surface area contributed by atoms with Crippen molar-refractivity contribution >= 4 is 9.04 Å². The van der Waals surface area contributed by atoms with E-state index in [9.17, 15) is 0 Å². The maximum absolute atomic E-state index is 6.02. The molecule has 0 saturated carbocycles. The first-order valence-electron chi connectivity index (χ1n) is 9.90. The Morgan fingerprint density at radius 3 is 1.96 bits per heavy atom. The molecule has 0 saturated heterocycles. The lowest BCUT2D eigenvalue weighted by molar-refractivity contribution is 0.554. The molecule has 23 heavy (non-hydrogen) atoms. The van der Waals surface area contributed by atoms with Gasteiger partial charge in [0.25, 0.3) is 0 Å². The average Bonchev–Trinajstić information content (AvgIpc) is 2.52. The molecule has 1 aromatic rings. The Kier molecular flexibility index (Phi) is 11.1. The van der Waals surface area contributed by atoms with Crippen LogP contribution in [0, 0.1) is 6.92 Å². The van der Waals surface area contributed by atoms with E-state index in [1.54, 1.807) is 0 Å². The van der Waals surface area contributed by atoms with Gasteiger partial charge >= 0.3 is 0 Å². The predicted molar refractivity (Wildman–Crippen MR) is 106 cm³/mol. The minimum Gasteiger partial charge on any atom is -0.547 e. The highest BCUT2D eigenvalue weighted by atomic mass is 28.3. The number of unbranched alkanes of at least 4 members (excludes halogenated alkanes) is 9. The quantitative estimate of drug-likeness (QED) is 0.284. The lowest BCUT2D eigenvalue weighted by Crippen LogP contribution is -2.12. The number of hydrogen-bond donors (Lipinski definition) is 0. The number of rotatable bonds is 13. The molecule has 1 aromatic carbocycles. The van der Waals surface area contributed by atoms with Crippen LogP contribution in [0.25, 0.3) is 0 Å². The third-order valence-corrected chi connectivity index (χ3v) is 5.28. The van der Waals surface area contributed by atoms with Crippen LogP contribution >= 0.6 is 0 Å². The van der Waals surface area contributed by atoms with Crippen LogP contribution in [0.4, 0.5) is 0 Å². The molecular weight excluding hydrogens is 296 g/mol. The molecule has 0 N–H and O–H groups in total. The van der Waals surface area contributed by atoms with Crippen LogP contribution in [0.5, 0.6) is 5.75 Å². The molecule has 0 aromatic heterocycles. The molecule has 132 valence electrons. The van der Waals surface area contributed by atoms with Crippen molar-refractivity contribution in [1.29, 1.82) is 0 Å². The zero-order chi connectivity index (χ0) is 16.9. The molecular formula is C21H38OSi. The van der Waals surface area contributed by atoms with E-state index in [-0.39, 0.29) is 0 Å². The second-order valence-electron chi connectivity index (χ2n) is 7.14. The summed E-state index contributed by atoms with van der Waals surface area (Å²) in [6.07, 6.45) is 15.3. The Morgan fingerprint density at radius 2 is 1.39 bits per heavy atom. The third kappa shape index (κ3) is 9.19. The molecule has 0 aliphatic carbocycles. The Balaban J connectivity index is 2.14. The highest BCUT2D eigenvalue weighted by molar-refractivity contribution is 6.49. The summed E-state index contributed by atoms with van der Waals surface area (Å²) in [5.41, 5.74) is 2.85. The van der Waals surface area contributed by atoms with Crippen molar-refractivity contribution in [2.24, 2.45) is 0 Å². The summed E-state index contributed by atoms with van der Waals surface area (Å²) in [6, 6.07) is 6.56. The molecule has 2 heteroatoms. The van der Waals surface area contributed by atoms with Gasteiger partial charge in [0, 0.05) is 0 Å². The van der Waals surface area contributed by atoms with Crippen LogP contribution in [-0.4, -0.2) is 9.04 Å². The molecule has 0 atom stereocenters. The van der Waals surface area contributed by atoms with Crippen molar-refractivity contribution in [3.05, 3.63) is 29.3 Å². The number of aryl methyl sites for hydroxylation is 1. The average molecular weight is 335 g/mol. The lowest BCUT2D eigenvalue weighted by Gasteiger charge is -2.15. The van der Waals surface area contributed by atoms with Crippen molar-refractivity contribution in [1.82, 2.24) is 0 Å². The second-order valence-corrected chi connectivity index (χ2v) is 9.47. The topological polar surface area (TPSA) is 9.23 Å². The zero-order valence-electron chi connectivity index (χ0n) is 16.0. The SMILES string of the molecule is CCCCCCCCCCCCc1cccc(O[SiH](C)C)c1C. The van der Waals surface area contributed by atoms with E-state index in [0.29, 0.717) is 0 Å². The van der Waals surface area contributed by atoms with Gasteiger partial charge in [-0.05, 0) is 50.1 Å². The van der Waals surface area contributed by atoms with E-state index in [2.05, 4.69) is 45.1 Å². The minimum atomic E-state index is -1.00. The molecule has 0 aliphatic heterocycles. The van der Waals surface area contributed by atoms with Gasteiger partial charge in [-0.25, -0.2) is 0 Å². The van der Waals surface area contributed by atoms with Gasteiger partial charge in [0.1, 0.15) is 5.75 Å². The van der Waals surface area contributed by atoms with Gasteiger partial charge in [-0.1, -0.05) is 76.8 Å². The zero-order valence-corrected chi connectivity index (χ0v) is 17.2. The predicted octanol–water partition coefficient (Wildman–Crippen LogP) is 6.82. The maximum atomic E-state index is 6.02. The van der Waals surface area contributed by atoms with Crippen LogP contribution in [0.15, 0.2) is 18.2 Å². The first-order chi connectivity index (χ1) is 11.1. The van der Waals surface area contributed by atoms with E-state index in [0.717, 1.165) is 5.75 Å². The summed E-state index contributed by atoms with van der Waals surface area (Å²) in [4.78, 5) is 0. The van der Waals surface area contributed by atoms with E-state index >= 15 is 0 Å². The molecule has 1 nitrogen and oxygen atoms in total. The van der Waals surface area contributed by atoms with Crippen molar-refractivity contribution in [3.63, 3.8) is 0 Å². The highest BCUT2D eigenvalue weighted by Crippen LogP contribution is 2.23. The standard InChI is InChI=1S/C21H38OSi/c1-5-6-7-8-9-10-11-12-13-14-16-20-17-15-18-21(19(20)2)22-23(3)4/h15,17-18,23H,5-14,16H2,1-4H3. The third-order valence-electron chi connectivity index (χ3n) is 4.56. The second kappa shape index (κ2) is 12.6. The molecule has 1 rings (SSSR count). The van der Waals surface area contributed by atoms with Crippen LogP contribution in [0.3, 0.4) is 0 Å². The monoisotopic (exact) mass is 334 g/mol. The van der Waals surface area contributed by atoms with Crippen LogP contribution in [0.2, 0.25) is 13.1 Å². The Hall–Kier alpha value is -0.763. The molecule has 0 heterocycles. The number of benzene rings is 1. The minimum absolute atomic E-state index is 1.00. The van der Waals surface area contributed by atoms with Crippen LogP contribution < -0.4 is 4.43 Å². The normalized spacial score (nSPS) is 11.2. The fraction of sp³-hybridized carbons (Fsp3) is 0.714. The fourth-order valence-electron chi connectivity index (χ4n) is 3.12. The van der Waals surface area contributed by atoms with Crippen molar-refractivity contribution in [2.45, 2.75) is 97.6 Å².